The number of aromatic nitrogens is 1. The maximum absolute atomic E-state index is 12.3. The number of rotatable bonds is 7. The van der Waals surface area contributed by atoms with E-state index in [-0.39, 0.29) is 23.7 Å². The van der Waals surface area contributed by atoms with E-state index in [9.17, 15) is 13.2 Å². The second-order valence-electron chi connectivity index (χ2n) is 5.71. The molecule has 0 aliphatic rings. The Balaban J connectivity index is 2.01. The summed E-state index contributed by atoms with van der Waals surface area (Å²) in [6, 6.07) is 11.5. The molecule has 0 aliphatic heterocycles. The quantitative estimate of drug-likeness (QED) is 0.795. The molecule has 0 spiro atoms. The predicted molar refractivity (Wildman–Crippen MR) is 82.9 cm³/mol. The van der Waals surface area contributed by atoms with E-state index in [1.54, 1.807) is 38.2 Å². The summed E-state index contributed by atoms with van der Waals surface area (Å²) in [7, 11) is -3.85. The van der Waals surface area contributed by atoms with Crippen LogP contribution in [0.2, 0.25) is 0 Å². The average Bonchev–Trinajstić information content (AvgIpc) is 2.99. The largest absolute Gasteiger partial charge is 0.365 e. The summed E-state index contributed by atoms with van der Waals surface area (Å²) in [5.41, 5.74) is -0.101. The Labute approximate surface area is 130 Å². The number of H-pyrrole nitrogens is 1. The lowest BCUT2D eigenvalue weighted by molar-refractivity contribution is -0.127. The van der Waals surface area contributed by atoms with Crippen molar-refractivity contribution < 1.29 is 17.4 Å². The van der Waals surface area contributed by atoms with Gasteiger partial charge in [0.15, 0.2) is 0 Å². The topological polar surface area (TPSA) is 76.2 Å². The number of hydrogen-bond acceptors (Lipinski definition) is 4. The molecule has 0 bridgehead atoms. The van der Waals surface area contributed by atoms with Gasteiger partial charge in [-0.3, -0.25) is 8.98 Å². The smallest absolute Gasteiger partial charge is 0.297 e. The van der Waals surface area contributed by atoms with Crippen LogP contribution < -0.4 is 0 Å². The van der Waals surface area contributed by atoms with Crippen molar-refractivity contribution in [1.29, 1.82) is 0 Å². The third kappa shape index (κ3) is 4.05. The minimum absolute atomic E-state index is 0.0850. The highest BCUT2D eigenvalue weighted by Crippen LogP contribution is 2.22. The van der Waals surface area contributed by atoms with Crippen LogP contribution in [0, 0.1) is 5.41 Å². The molecule has 0 saturated heterocycles. The molecular formula is C16H19NO4S. The van der Waals surface area contributed by atoms with E-state index in [1.807, 2.05) is 12.1 Å². The number of ketones is 1. The number of carbonyl (C=O) groups excluding carboxylic acids is 1. The first-order chi connectivity index (χ1) is 10.3. The number of benzene rings is 1. The molecule has 5 nitrogen and oxygen atoms in total. The number of nitrogens with one attached hydrogen (secondary N) is 1. The van der Waals surface area contributed by atoms with Crippen LogP contribution in [0.4, 0.5) is 0 Å². The van der Waals surface area contributed by atoms with E-state index >= 15 is 0 Å². The summed E-state index contributed by atoms with van der Waals surface area (Å²) in [5, 5.41) is 0. The van der Waals surface area contributed by atoms with Gasteiger partial charge in [0.2, 0.25) is 0 Å². The van der Waals surface area contributed by atoms with Gasteiger partial charge >= 0.3 is 0 Å². The van der Waals surface area contributed by atoms with E-state index in [2.05, 4.69) is 4.98 Å². The number of Topliss-reactive ketones (excluding diaryl/α,β-unsaturated/α-hetero) is 1. The van der Waals surface area contributed by atoms with E-state index in [0.29, 0.717) is 0 Å². The van der Waals surface area contributed by atoms with Crippen LogP contribution in [0.3, 0.4) is 0 Å². The first-order valence-electron chi connectivity index (χ1n) is 6.91. The maximum atomic E-state index is 12.3. The molecule has 0 amide bonds. The fourth-order valence-corrected chi connectivity index (χ4v) is 2.93. The molecule has 1 aromatic heterocycles. The van der Waals surface area contributed by atoms with Gasteiger partial charge in [-0.15, -0.1) is 0 Å². The van der Waals surface area contributed by atoms with Crippen molar-refractivity contribution in [2.45, 2.75) is 25.2 Å². The summed E-state index contributed by atoms with van der Waals surface area (Å²) < 4.78 is 29.2. The third-order valence-corrected chi connectivity index (χ3v) is 4.65. The molecule has 6 heteroatoms. The van der Waals surface area contributed by atoms with E-state index in [0.717, 1.165) is 5.69 Å². The Bertz CT molecular complexity index is 719. The third-order valence-electron chi connectivity index (χ3n) is 3.38. The zero-order chi connectivity index (χ0) is 16.2. The average molecular weight is 321 g/mol. The molecule has 1 heterocycles. The second-order valence-corrected chi connectivity index (χ2v) is 7.32. The Morgan fingerprint density at radius 2 is 1.82 bits per heavy atom. The van der Waals surface area contributed by atoms with Crippen molar-refractivity contribution in [2.75, 3.05) is 6.61 Å². The van der Waals surface area contributed by atoms with Gasteiger partial charge in [0.25, 0.3) is 10.1 Å². The molecule has 0 aliphatic carbocycles. The van der Waals surface area contributed by atoms with Gasteiger partial charge in [-0.2, -0.15) is 8.42 Å². The molecule has 22 heavy (non-hydrogen) atoms. The highest BCUT2D eigenvalue weighted by molar-refractivity contribution is 7.86. The molecule has 2 aromatic rings. The van der Waals surface area contributed by atoms with Crippen molar-refractivity contribution in [1.82, 2.24) is 4.98 Å². The molecule has 0 fully saturated rings. The van der Waals surface area contributed by atoms with Gasteiger partial charge in [-0.1, -0.05) is 32.0 Å². The Hall–Kier alpha value is -1.92. The van der Waals surface area contributed by atoms with Crippen LogP contribution in [0.1, 0.15) is 19.5 Å². The van der Waals surface area contributed by atoms with E-state index < -0.39 is 15.5 Å². The summed E-state index contributed by atoms with van der Waals surface area (Å²) in [6.45, 7) is 3.17. The van der Waals surface area contributed by atoms with Crippen LogP contribution >= 0.6 is 0 Å². The molecule has 1 aromatic carbocycles. The maximum Gasteiger partial charge on any atom is 0.297 e. The first-order valence-corrected chi connectivity index (χ1v) is 8.32. The Kier molecular flexibility index (Phi) is 4.83. The highest BCUT2D eigenvalue weighted by Gasteiger charge is 2.30. The molecular weight excluding hydrogens is 302 g/mol. The van der Waals surface area contributed by atoms with Crippen LogP contribution in [0.5, 0.6) is 0 Å². The van der Waals surface area contributed by atoms with Crippen LogP contribution in [-0.4, -0.2) is 25.8 Å². The van der Waals surface area contributed by atoms with Gasteiger partial charge < -0.3 is 4.98 Å². The standard InChI is InChI=1S/C16H19NO4S/c1-16(2,15(18)11-13-7-6-10-17-13)12-21-22(19,20)14-8-4-3-5-9-14/h3-10,17H,11-12H2,1-2H3. The molecule has 0 atom stereocenters. The summed E-state index contributed by atoms with van der Waals surface area (Å²) in [5.74, 6) is -0.0850. The van der Waals surface area contributed by atoms with Crippen molar-refractivity contribution in [3.05, 3.63) is 54.4 Å². The monoisotopic (exact) mass is 321 g/mol. The fourth-order valence-electron chi connectivity index (χ4n) is 1.85. The van der Waals surface area contributed by atoms with Crippen LogP contribution in [0.25, 0.3) is 0 Å². The van der Waals surface area contributed by atoms with Crippen molar-refractivity contribution in [2.24, 2.45) is 5.41 Å². The summed E-state index contributed by atoms with van der Waals surface area (Å²) >= 11 is 0. The van der Waals surface area contributed by atoms with Gasteiger partial charge in [-0.25, -0.2) is 0 Å². The second kappa shape index (κ2) is 6.46. The molecule has 118 valence electrons. The minimum atomic E-state index is -3.85. The van der Waals surface area contributed by atoms with E-state index in [4.69, 9.17) is 4.18 Å². The van der Waals surface area contributed by atoms with Gasteiger partial charge in [0.05, 0.1) is 11.5 Å². The highest BCUT2D eigenvalue weighted by atomic mass is 32.2. The molecule has 2 rings (SSSR count). The van der Waals surface area contributed by atoms with Crippen LogP contribution in [-0.2, 0) is 25.5 Å². The van der Waals surface area contributed by atoms with Crippen molar-refractivity contribution >= 4 is 15.9 Å². The lowest BCUT2D eigenvalue weighted by atomic mass is 9.87. The van der Waals surface area contributed by atoms with Gasteiger partial charge in [0.1, 0.15) is 5.78 Å². The van der Waals surface area contributed by atoms with Gasteiger partial charge in [0, 0.05) is 23.7 Å². The number of hydrogen-bond donors (Lipinski definition) is 1. The Morgan fingerprint density at radius 3 is 2.41 bits per heavy atom. The molecule has 0 saturated carbocycles. The molecule has 1 N–H and O–H groups in total. The molecule has 0 radical (unpaired) electrons. The van der Waals surface area contributed by atoms with Crippen LogP contribution in [0.15, 0.2) is 53.6 Å². The number of aromatic amines is 1. The first kappa shape index (κ1) is 16.5. The SMILES string of the molecule is CC(C)(COS(=O)(=O)c1ccccc1)C(=O)Cc1ccc[nH]1. The zero-order valence-electron chi connectivity index (χ0n) is 12.6. The Morgan fingerprint density at radius 1 is 1.14 bits per heavy atom. The fraction of sp³-hybridized carbons (Fsp3) is 0.312. The predicted octanol–water partition coefficient (Wildman–Crippen LogP) is 2.56. The minimum Gasteiger partial charge on any atom is -0.365 e. The summed E-state index contributed by atoms with van der Waals surface area (Å²) in [6.07, 6.45) is 1.96. The number of carbonyl (C=O) groups is 1. The van der Waals surface area contributed by atoms with E-state index in [1.165, 1.54) is 12.1 Å². The van der Waals surface area contributed by atoms with Crippen molar-refractivity contribution in [3.63, 3.8) is 0 Å². The lowest BCUT2D eigenvalue weighted by Gasteiger charge is -2.22. The molecule has 0 unspecified atom stereocenters. The van der Waals surface area contributed by atoms with Gasteiger partial charge in [-0.05, 0) is 24.3 Å². The normalized spacial score (nSPS) is 12.3. The lowest BCUT2D eigenvalue weighted by Crippen LogP contribution is -2.32. The zero-order valence-corrected chi connectivity index (χ0v) is 13.4. The summed E-state index contributed by atoms with van der Waals surface area (Å²) in [4.78, 5) is 15.3. The van der Waals surface area contributed by atoms with Crippen molar-refractivity contribution in [3.8, 4) is 0 Å².